The number of benzene rings is 2. The van der Waals surface area contributed by atoms with Crippen LogP contribution in [-0.4, -0.2) is 0 Å². The quantitative estimate of drug-likeness (QED) is 0.644. The molecule has 2 rings (SSSR count). The molecule has 14 heavy (non-hydrogen) atoms. The molecular weight excluding hydrogens is 182 g/mol. The van der Waals surface area contributed by atoms with Gasteiger partial charge in [-0.2, -0.15) is 0 Å². The molecule has 0 nitrogen and oxygen atoms in total. The Kier molecular flexibility index (Phi) is 2.27. The lowest BCUT2D eigenvalue weighted by molar-refractivity contribution is 0.580. The molecule has 0 spiro atoms. The van der Waals surface area contributed by atoms with Crippen LogP contribution in [0.25, 0.3) is 11.1 Å². The summed E-state index contributed by atoms with van der Waals surface area (Å²) in [5.41, 5.74) is 1.32. The van der Waals surface area contributed by atoms with Crippen molar-refractivity contribution in [1.29, 1.82) is 0 Å². The van der Waals surface area contributed by atoms with Crippen LogP contribution in [0.3, 0.4) is 0 Å². The third-order valence-electron chi connectivity index (χ3n) is 1.91. The van der Waals surface area contributed by atoms with E-state index in [1.807, 2.05) is 24.3 Å². The Morgan fingerprint density at radius 1 is 0.786 bits per heavy atom. The molecule has 0 N–H and O–H groups in total. The Morgan fingerprint density at radius 3 is 1.93 bits per heavy atom. The molecule has 2 aromatic rings. The fraction of sp³-hybridized carbons (Fsp3) is 0. The molecule has 0 aliphatic heterocycles. The summed E-state index contributed by atoms with van der Waals surface area (Å²) in [5.74, 6) is -1.35. The monoisotopic (exact) mass is 189 g/mol. The minimum absolute atomic E-state index is 0.527. The van der Waals surface area contributed by atoms with Gasteiger partial charge >= 0.3 is 0 Å². The fourth-order valence-electron chi connectivity index (χ4n) is 1.30. The molecule has 0 aromatic heterocycles. The average Bonchev–Trinajstić information content (AvgIpc) is 2.18. The van der Waals surface area contributed by atoms with Crippen LogP contribution < -0.4 is 0 Å². The maximum absolute atomic E-state index is 12.8. The smallest absolute Gasteiger partial charge is 0.134 e. The first-order chi connectivity index (χ1) is 6.75. The lowest BCUT2D eigenvalue weighted by Gasteiger charge is -2.01. The van der Waals surface area contributed by atoms with Gasteiger partial charge < -0.3 is 0 Å². The lowest BCUT2D eigenvalue weighted by Crippen LogP contribution is -1.83. The molecule has 0 aliphatic carbocycles. The zero-order chi connectivity index (χ0) is 9.97. The summed E-state index contributed by atoms with van der Waals surface area (Å²) in [6.45, 7) is 0. The van der Waals surface area contributed by atoms with Gasteiger partial charge in [-0.15, -0.1) is 0 Å². The maximum atomic E-state index is 12.8. The Labute approximate surface area is 80.8 Å². The van der Waals surface area contributed by atoms with Crippen molar-refractivity contribution in [1.82, 2.24) is 0 Å². The van der Waals surface area contributed by atoms with Crippen LogP contribution in [-0.2, 0) is 0 Å². The number of hydrogen-bond donors (Lipinski definition) is 0. The molecule has 0 bridgehead atoms. The lowest BCUT2D eigenvalue weighted by atomic mass is 10.1. The molecule has 2 aromatic carbocycles. The van der Waals surface area contributed by atoms with Gasteiger partial charge in [-0.05, 0) is 23.3 Å². The van der Waals surface area contributed by atoms with Crippen LogP contribution in [0.5, 0.6) is 0 Å². The van der Waals surface area contributed by atoms with E-state index >= 15 is 0 Å². The Bertz CT molecular complexity index is 415. The van der Waals surface area contributed by atoms with Crippen molar-refractivity contribution < 1.29 is 8.78 Å². The van der Waals surface area contributed by atoms with Crippen molar-refractivity contribution >= 4 is 0 Å². The molecule has 0 saturated heterocycles. The maximum Gasteiger partial charge on any atom is 0.134 e. The molecule has 69 valence electrons. The molecule has 0 atom stereocenters. The van der Waals surface area contributed by atoms with Gasteiger partial charge in [0.25, 0.3) is 0 Å². The van der Waals surface area contributed by atoms with Gasteiger partial charge in [0.1, 0.15) is 11.6 Å². The van der Waals surface area contributed by atoms with Crippen molar-refractivity contribution in [2.45, 2.75) is 0 Å². The first kappa shape index (κ1) is 8.88. The SMILES string of the molecule is Fc1[c]c(F)cc(-c2ccccc2)c1. The van der Waals surface area contributed by atoms with Crippen LogP contribution in [0.15, 0.2) is 42.5 Å². The highest BCUT2D eigenvalue weighted by Gasteiger charge is 2.02. The number of halogens is 2. The van der Waals surface area contributed by atoms with E-state index < -0.39 is 11.6 Å². The standard InChI is InChI=1S/C12H7F2/c13-11-6-10(7-12(14)8-11)9-4-2-1-3-5-9/h1-7H. The van der Waals surface area contributed by atoms with Crippen LogP contribution >= 0.6 is 0 Å². The first-order valence-corrected chi connectivity index (χ1v) is 4.19. The normalized spacial score (nSPS) is 10.1. The minimum Gasteiger partial charge on any atom is -0.206 e. The second kappa shape index (κ2) is 3.58. The first-order valence-electron chi connectivity index (χ1n) is 4.19. The van der Waals surface area contributed by atoms with E-state index in [4.69, 9.17) is 0 Å². The summed E-state index contributed by atoms with van der Waals surface area (Å²) >= 11 is 0. The van der Waals surface area contributed by atoms with E-state index in [9.17, 15) is 8.78 Å². The van der Waals surface area contributed by atoms with Gasteiger partial charge in [0.2, 0.25) is 0 Å². The predicted molar refractivity (Wildman–Crippen MR) is 50.6 cm³/mol. The molecular formula is C12H7F2. The Hall–Kier alpha value is -1.70. The van der Waals surface area contributed by atoms with Gasteiger partial charge in [-0.25, -0.2) is 8.78 Å². The molecule has 0 saturated carbocycles. The van der Waals surface area contributed by atoms with E-state index in [0.717, 1.165) is 5.56 Å². The predicted octanol–water partition coefficient (Wildman–Crippen LogP) is 3.43. The van der Waals surface area contributed by atoms with Gasteiger partial charge in [0.15, 0.2) is 0 Å². The van der Waals surface area contributed by atoms with Gasteiger partial charge in [0.05, 0.1) is 6.07 Å². The van der Waals surface area contributed by atoms with Crippen LogP contribution in [0.4, 0.5) is 8.78 Å². The van der Waals surface area contributed by atoms with E-state index in [-0.39, 0.29) is 0 Å². The van der Waals surface area contributed by atoms with E-state index in [2.05, 4.69) is 0 Å². The molecule has 0 aliphatic rings. The van der Waals surface area contributed by atoms with Gasteiger partial charge in [-0.1, -0.05) is 30.3 Å². The molecule has 1 radical (unpaired) electrons. The molecule has 0 amide bonds. The van der Waals surface area contributed by atoms with Crippen molar-refractivity contribution in [3.05, 3.63) is 60.2 Å². The second-order valence-electron chi connectivity index (χ2n) is 2.93. The summed E-state index contributed by atoms with van der Waals surface area (Å²) in [5, 5.41) is 0. The summed E-state index contributed by atoms with van der Waals surface area (Å²) in [7, 11) is 0. The summed E-state index contributed by atoms with van der Waals surface area (Å²) in [4.78, 5) is 0. The van der Waals surface area contributed by atoms with E-state index in [1.165, 1.54) is 12.1 Å². The number of rotatable bonds is 1. The van der Waals surface area contributed by atoms with Gasteiger partial charge in [-0.3, -0.25) is 0 Å². The topological polar surface area (TPSA) is 0 Å². The van der Waals surface area contributed by atoms with Crippen molar-refractivity contribution in [2.24, 2.45) is 0 Å². The van der Waals surface area contributed by atoms with E-state index in [1.54, 1.807) is 12.1 Å². The van der Waals surface area contributed by atoms with Crippen LogP contribution in [0, 0.1) is 17.7 Å². The summed E-state index contributed by atoms with van der Waals surface area (Å²) in [6, 6.07) is 13.6. The summed E-state index contributed by atoms with van der Waals surface area (Å²) < 4.78 is 25.6. The Morgan fingerprint density at radius 2 is 1.36 bits per heavy atom. The molecule has 0 fully saturated rings. The highest BCUT2D eigenvalue weighted by Crippen LogP contribution is 2.20. The third-order valence-corrected chi connectivity index (χ3v) is 1.91. The largest absolute Gasteiger partial charge is 0.206 e. The van der Waals surface area contributed by atoms with Gasteiger partial charge in [0, 0.05) is 0 Å². The van der Waals surface area contributed by atoms with Crippen LogP contribution in [0.1, 0.15) is 0 Å². The molecule has 0 unspecified atom stereocenters. The summed E-state index contributed by atoms with van der Waals surface area (Å²) in [6.07, 6.45) is 0. The zero-order valence-electron chi connectivity index (χ0n) is 7.30. The fourth-order valence-corrected chi connectivity index (χ4v) is 1.30. The van der Waals surface area contributed by atoms with Crippen molar-refractivity contribution in [3.63, 3.8) is 0 Å². The highest BCUT2D eigenvalue weighted by molar-refractivity contribution is 5.63. The molecule has 2 heteroatoms. The van der Waals surface area contributed by atoms with Crippen molar-refractivity contribution in [2.75, 3.05) is 0 Å². The number of hydrogen-bond acceptors (Lipinski definition) is 0. The third kappa shape index (κ3) is 1.79. The van der Waals surface area contributed by atoms with Crippen molar-refractivity contribution in [3.8, 4) is 11.1 Å². The second-order valence-corrected chi connectivity index (χ2v) is 2.93. The highest BCUT2D eigenvalue weighted by atomic mass is 19.1. The van der Waals surface area contributed by atoms with Crippen LogP contribution in [0.2, 0.25) is 0 Å². The molecule has 0 heterocycles. The average molecular weight is 189 g/mol. The van der Waals surface area contributed by atoms with E-state index in [0.29, 0.717) is 5.56 Å². The Balaban J connectivity index is 2.52. The zero-order valence-corrected chi connectivity index (χ0v) is 7.30. The minimum atomic E-state index is -0.677.